The third-order valence-corrected chi connectivity index (χ3v) is 6.84. The van der Waals surface area contributed by atoms with Crippen molar-refractivity contribution in [1.82, 2.24) is 10.2 Å². The Morgan fingerprint density at radius 1 is 1.24 bits per heavy atom. The molecule has 2 saturated heterocycles. The molecule has 1 aromatic carbocycles. The van der Waals surface area contributed by atoms with Crippen molar-refractivity contribution in [3.05, 3.63) is 46.8 Å². The molecular formula is C26H30ClFN4O5S. The Morgan fingerprint density at radius 2 is 1.95 bits per heavy atom. The fraction of sp³-hybridized carbons (Fsp3) is 0.462. The minimum absolute atomic E-state index is 0.0743. The summed E-state index contributed by atoms with van der Waals surface area (Å²) in [5.74, 6) is -0.877. The highest BCUT2D eigenvalue weighted by atomic mass is 35.5. The maximum atomic E-state index is 15.1. The minimum Gasteiger partial charge on any atom is -0.444 e. The molecule has 2 heterocycles. The topological polar surface area (TPSA) is 91.4 Å². The second-order valence-electron chi connectivity index (χ2n) is 10.2. The predicted octanol–water partition coefficient (Wildman–Crippen LogP) is 4.15. The number of allylic oxidation sites excluding steroid dienone is 3. The number of ether oxygens (including phenoxy) is 2. The molecule has 2 aliphatic heterocycles. The second kappa shape index (κ2) is 11.3. The molecule has 0 unspecified atom stereocenters. The van der Waals surface area contributed by atoms with Crippen LogP contribution in [0.3, 0.4) is 0 Å². The van der Waals surface area contributed by atoms with Gasteiger partial charge in [0.2, 0.25) is 0 Å². The van der Waals surface area contributed by atoms with E-state index in [1.54, 1.807) is 23.1 Å². The fourth-order valence-corrected chi connectivity index (χ4v) is 4.71. The average Bonchev–Trinajstić information content (AvgIpc) is 3.23. The standard InChI is InChI=1S/C26H30ClFN4O5S/c1-26(2,3)37-24(34)31-10-8-30(9-11-31)21-6-5-17(13-20(21)28)32-15-18(36-25(32)35)14-29-23(33)19-12-16(27)4-7-22(19)38/h4-6,12-13,18H,7-11,14-15H2,1-3H3,(H,29,33)/t18-/m0/s1. The zero-order valence-corrected chi connectivity index (χ0v) is 23.0. The first-order valence-electron chi connectivity index (χ1n) is 12.3. The van der Waals surface area contributed by atoms with E-state index in [0.29, 0.717) is 59.4 Å². The van der Waals surface area contributed by atoms with Crippen molar-refractivity contribution in [2.75, 3.05) is 49.1 Å². The lowest BCUT2D eigenvalue weighted by molar-refractivity contribution is -0.117. The smallest absolute Gasteiger partial charge is 0.414 e. The van der Waals surface area contributed by atoms with Crippen LogP contribution in [0.2, 0.25) is 0 Å². The van der Waals surface area contributed by atoms with Gasteiger partial charge in [-0.05, 0) is 45.0 Å². The number of carbonyl (C=O) groups excluding carboxylic acids is 3. The lowest BCUT2D eigenvalue weighted by Crippen LogP contribution is -2.50. The van der Waals surface area contributed by atoms with E-state index in [4.69, 9.17) is 33.3 Å². The molecule has 12 heteroatoms. The van der Waals surface area contributed by atoms with E-state index >= 15 is 4.39 Å². The number of thiocarbonyl (C=S) groups is 1. The van der Waals surface area contributed by atoms with Gasteiger partial charge in [-0.1, -0.05) is 29.9 Å². The lowest BCUT2D eigenvalue weighted by Gasteiger charge is -2.37. The van der Waals surface area contributed by atoms with Crippen LogP contribution in [0.15, 0.2) is 41.0 Å². The Hall–Kier alpha value is -3.18. The van der Waals surface area contributed by atoms with E-state index in [2.05, 4.69) is 5.32 Å². The third kappa shape index (κ3) is 6.63. The van der Waals surface area contributed by atoms with Gasteiger partial charge in [-0.15, -0.1) is 0 Å². The van der Waals surface area contributed by atoms with E-state index in [0.717, 1.165) is 0 Å². The van der Waals surface area contributed by atoms with Gasteiger partial charge in [0.25, 0.3) is 5.91 Å². The van der Waals surface area contributed by atoms with Crippen molar-refractivity contribution in [1.29, 1.82) is 0 Å². The maximum absolute atomic E-state index is 15.1. The van der Waals surface area contributed by atoms with Crippen LogP contribution in [0.25, 0.3) is 0 Å². The highest BCUT2D eigenvalue weighted by Crippen LogP contribution is 2.29. The Balaban J connectivity index is 1.32. The van der Waals surface area contributed by atoms with Crippen LogP contribution in [0, 0.1) is 5.82 Å². The summed E-state index contributed by atoms with van der Waals surface area (Å²) in [7, 11) is 0. The number of hydrogen-bond donors (Lipinski definition) is 1. The van der Waals surface area contributed by atoms with Gasteiger partial charge in [0.1, 0.15) is 17.5 Å². The van der Waals surface area contributed by atoms with Crippen LogP contribution < -0.4 is 15.1 Å². The number of anilines is 2. The normalized spacial score (nSPS) is 20.1. The van der Waals surface area contributed by atoms with Gasteiger partial charge in [-0.25, -0.2) is 14.0 Å². The number of cyclic esters (lactones) is 1. The van der Waals surface area contributed by atoms with Gasteiger partial charge in [-0.2, -0.15) is 0 Å². The first-order chi connectivity index (χ1) is 17.9. The van der Waals surface area contributed by atoms with E-state index in [9.17, 15) is 14.4 Å². The lowest BCUT2D eigenvalue weighted by atomic mass is 10.0. The van der Waals surface area contributed by atoms with Crippen LogP contribution in [-0.4, -0.2) is 78.8 Å². The molecule has 0 aromatic heterocycles. The third-order valence-electron chi connectivity index (χ3n) is 6.19. The number of carbonyl (C=O) groups is 3. The Morgan fingerprint density at radius 3 is 2.61 bits per heavy atom. The molecule has 3 aliphatic rings. The molecule has 0 saturated carbocycles. The zero-order chi connectivity index (χ0) is 27.6. The van der Waals surface area contributed by atoms with Crippen molar-refractivity contribution in [2.24, 2.45) is 0 Å². The molecule has 1 aromatic rings. The molecule has 0 bridgehead atoms. The summed E-state index contributed by atoms with van der Waals surface area (Å²) in [6.07, 6.45) is 2.04. The predicted molar refractivity (Wildman–Crippen MR) is 146 cm³/mol. The molecule has 38 heavy (non-hydrogen) atoms. The van der Waals surface area contributed by atoms with Crippen molar-refractivity contribution < 1.29 is 28.2 Å². The van der Waals surface area contributed by atoms with Crippen molar-refractivity contribution >= 4 is 58.2 Å². The Bertz CT molecular complexity index is 1210. The molecule has 9 nitrogen and oxygen atoms in total. The minimum atomic E-state index is -0.624. The first kappa shape index (κ1) is 27.8. The number of nitrogens with zero attached hydrogens (tertiary/aromatic N) is 3. The molecule has 0 radical (unpaired) electrons. The summed E-state index contributed by atoms with van der Waals surface area (Å²) >= 11 is 11.2. The summed E-state index contributed by atoms with van der Waals surface area (Å²) in [4.78, 5) is 42.5. The van der Waals surface area contributed by atoms with Gasteiger partial charge in [0.05, 0.1) is 30.0 Å². The molecular weight excluding hydrogens is 535 g/mol. The molecule has 204 valence electrons. The van der Waals surface area contributed by atoms with E-state index in [-0.39, 0.29) is 19.2 Å². The monoisotopic (exact) mass is 564 g/mol. The first-order valence-corrected chi connectivity index (χ1v) is 13.1. The zero-order valence-electron chi connectivity index (χ0n) is 21.5. The fourth-order valence-electron chi connectivity index (χ4n) is 4.29. The number of nitrogens with one attached hydrogen (secondary N) is 1. The van der Waals surface area contributed by atoms with Gasteiger partial charge in [-0.3, -0.25) is 9.69 Å². The average molecular weight is 565 g/mol. The Labute approximate surface area is 231 Å². The molecule has 1 N–H and O–H groups in total. The summed E-state index contributed by atoms with van der Waals surface area (Å²) in [6.45, 7) is 7.37. The number of piperazine rings is 1. The van der Waals surface area contributed by atoms with Crippen LogP contribution in [0.1, 0.15) is 27.2 Å². The molecule has 2 fully saturated rings. The van der Waals surface area contributed by atoms with Crippen LogP contribution in [-0.2, 0) is 14.3 Å². The summed E-state index contributed by atoms with van der Waals surface area (Å²) < 4.78 is 25.9. The number of benzene rings is 1. The van der Waals surface area contributed by atoms with Gasteiger partial charge < -0.3 is 24.6 Å². The van der Waals surface area contributed by atoms with E-state index in [1.807, 2.05) is 25.7 Å². The molecule has 1 aliphatic carbocycles. The number of rotatable bonds is 5. The number of amides is 3. The highest BCUT2D eigenvalue weighted by molar-refractivity contribution is 7.81. The van der Waals surface area contributed by atoms with E-state index < -0.39 is 29.5 Å². The largest absolute Gasteiger partial charge is 0.444 e. The van der Waals surface area contributed by atoms with Crippen molar-refractivity contribution in [2.45, 2.75) is 38.9 Å². The molecule has 4 rings (SSSR count). The van der Waals surface area contributed by atoms with Gasteiger partial charge in [0, 0.05) is 42.5 Å². The molecule has 1 atom stereocenters. The van der Waals surface area contributed by atoms with Crippen molar-refractivity contribution in [3.63, 3.8) is 0 Å². The highest BCUT2D eigenvalue weighted by Gasteiger charge is 2.34. The van der Waals surface area contributed by atoms with Gasteiger partial charge in [0.15, 0.2) is 0 Å². The van der Waals surface area contributed by atoms with Crippen molar-refractivity contribution in [3.8, 4) is 0 Å². The van der Waals surface area contributed by atoms with Crippen LogP contribution in [0.4, 0.5) is 25.4 Å². The quantitative estimate of drug-likeness (QED) is 0.537. The van der Waals surface area contributed by atoms with Crippen LogP contribution >= 0.6 is 23.8 Å². The Kier molecular flexibility index (Phi) is 8.27. The molecule has 0 spiro atoms. The summed E-state index contributed by atoms with van der Waals surface area (Å²) in [6, 6.07) is 4.56. The molecule has 3 amide bonds. The summed E-state index contributed by atoms with van der Waals surface area (Å²) in [5, 5.41) is 3.17. The number of halogens is 2. The second-order valence-corrected chi connectivity index (χ2v) is 11.1. The SMILES string of the molecule is CC(C)(C)OC(=O)N1CCN(c2ccc(N3C[C@H](CNC(=O)C4=CC(Cl)=CCC4=S)OC3=O)cc2F)CC1. The van der Waals surface area contributed by atoms with Crippen LogP contribution in [0.5, 0.6) is 0 Å². The summed E-state index contributed by atoms with van der Waals surface area (Å²) in [5.41, 5.74) is 0.478. The number of hydrogen-bond acceptors (Lipinski definition) is 7. The van der Waals surface area contributed by atoms with Gasteiger partial charge >= 0.3 is 12.2 Å². The van der Waals surface area contributed by atoms with E-state index in [1.165, 1.54) is 17.0 Å². The maximum Gasteiger partial charge on any atom is 0.414 e.